The van der Waals surface area contributed by atoms with Crippen LogP contribution in [0, 0.1) is 28.1 Å². The third-order valence-electron chi connectivity index (χ3n) is 7.89. The first-order valence-corrected chi connectivity index (χ1v) is 10.8. The van der Waals surface area contributed by atoms with Gasteiger partial charge in [-0.2, -0.15) is 0 Å². The first kappa shape index (κ1) is 21.8. The van der Waals surface area contributed by atoms with Crippen molar-refractivity contribution >= 4 is 18.1 Å². The van der Waals surface area contributed by atoms with E-state index >= 15 is 0 Å². The zero-order chi connectivity index (χ0) is 21.4. The summed E-state index contributed by atoms with van der Waals surface area (Å²) in [7, 11) is 1.48. The zero-order valence-electron chi connectivity index (χ0n) is 18.3. The molecule has 0 unspecified atom stereocenters. The number of fused-ring (bicyclic) bond motifs is 3. The first-order valence-electron chi connectivity index (χ1n) is 10.8. The predicted octanol–water partition coefficient (Wildman–Crippen LogP) is 4.81. The Hall–Kier alpha value is -1.85. The first-order chi connectivity index (χ1) is 13.6. The number of rotatable bonds is 3. The van der Waals surface area contributed by atoms with Crippen LogP contribution in [0.15, 0.2) is 11.6 Å². The smallest absolute Gasteiger partial charge is 0.469 e. The largest absolute Gasteiger partial charge is 0.516 e. The molecule has 6 heteroatoms. The maximum atomic E-state index is 12.7. The average molecular weight is 407 g/mol. The number of ether oxygens (including phenoxy) is 3. The van der Waals surface area contributed by atoms with Gasteiger partial charge in [0.15, 0.2) is 0 Å². The van der Waals surface area contributed by atoms with E-state index in [1.54, 1.807) is 6.92 Å². The lowest BCUT2D eigenvalue weighted by Crippen LogP contribution is -2.53. The maximum Gasteiger partial charge on any atom is 0.516 e. The summed E-state index contributed by atoms with van der Waals surface area (Å²) >= 11 is 0. The van der Waals surface area contributed by atoms with Gasteiger partial charge in [-0.05, 0) is 76.5 Å². The monoisotopic (exact) mass is 406 g/mol. The van der Waals surface area contributed by atoms with Gasteiger partial charge in [-0.1, -0.05) is 25.0 Å². The predicted molar refractivity (Wildman–Crippen MR) is 107 cm³/mol. The zero-order valence-corrected chi connectivity index (χ0v) is 18.3. The minimum atomic E-state index is -0.926. The molecule has 0 saturated heterocycles. The number of carbonyl (C=O) groups excluding carboxylic acids is 3. The van der Waals surface area contributed by atoms with E-state index < -0.39 is 23.0 Å². The fourth-order valence-electron chi connectivity index (χ4n) is 6.41. The molecule has 0 N–H and O–H groups in total. The van der Waals surface area contributed by atoms with Crippen LogP contribution in [0.2, 0.25) is 0 Å². The minimum absolute atomic E-state index is 0.0590. The van der Waals surface area contributed by atoms with Crippen LogP contribution >= 0.6 is 0 Å². The van der Waals surface area contributed by atoms with E-state index in [-0.39, 0.29) is 29.8 Å². The van der Waals surface area contributed by atoms with E-state index in [1.165, 1.54) is 12.7 Å². The molecule has 0 amide bonds. The second-order valence-electron chi connectivity index (χ2n) is 9.71. The molecular weight excluding hydrogens is 372 g/mol. The van der Waals surface area contributed by atoms with E-state index in [0.717, 1.165) is 32.1 Å². The molecule has 0 bridgehead atoms. The summed E-state index contributed by atoms with van der Waals surface area (Å²) in [6, 6.07) is 0. The Labute approximate surface area is 173 Å². The summed E-state index contributed by atoms with van der Waals surface area (Å²) in [4.78, 5) is 36.9. The molecule has 5 atom stereocenters. The molecule has 3 aliphatic rings. The normalized spacial score (nSPS) is 38.7. The molecule has 3 rings (SSSR count). The van der Waals surface area contributed by atoms with Gasteiger partial charge in [0.1, 0.15) is 0 Å². The van der Waals surface area contributed by atoms with E-state index in [4.69, 9.17) is 14.2 Å². The third kappa shape index (κ3) is 3.59. The van der Waals surface area contributed by atoms with E-state index in [0.29, 0.717) is 12.8 Å². The lowest BCUT2D eigenvalue weighted by molar-refractivity contribution is -0.164. The number of allylic oxidation sites excluding steroid dienone is 2. The van der Waals surface area contributed by atoms with Crippen molar-refractivity contribution < 1.29 is 28.6 Å². The molecule has 0 aromatic carbocycles. The molecule has 0 heterocycles. The fourth-order valence-corrected chi connectivity index (χ4v) is 6.41. The number of carbonyl (C=O) groups is 3. The fraction of sp³-hybridized carbons (Fsp3) is 0.783. The van der Waals surface area contributed by atoms with Crippen LogP contribution in [0.5, 0.6) is 0 Å². The molecule has 0 spiro atoms. The van der Waals surface area contributed by atoms with Crippen LogP contribution in [-0.2, 0) is 23.8 Å². The van der Waals surface area contributed by atoms with E-state index in [2.05, 4.69) is 19.9 Å². The summed E-state index contributed by atoms with van der Waals surface area (Å²) in [6.45, 7) is 8.07. The van der Waals surface area contributed by atoms with Gasteiger partial charge in [-0.3, -0.25) is 9.59 Å². The Bertz CT molecular complexity index is 727. The summed E-state index contributed by atoms with van der Waals surface area (Å²) < 4.78 is 14.9. The molecule has 2 fully saturated rings. The van der Waals surface area contributed by atoms with Crippen molar-refractivity contribution in [3.8, 4) is 0 Å². The molecule has 0 aromatic rings. The SMILES string of the molecule is CCOC(=O)OC(=O)[C@]1(C)CC=C2[C@H](CC[C@@H]3[C@](C)(C(=O)OC)CCC[C@@]23C)C1. The number of hydrogen-bond acceptors (Lipinski definition) is 6. The summed E-state index contributed by atoms with van der Waals surface area (Å²) in [5.74, 6) is -0.105. The summed E-state index contributed by atoms with van der Waals surface area (Å²) in [6.07, 6.45) is 7.24. The van der Waals surface area contributed by atoms with Crippen molar-refractivity contribution in [1.82, 2.24) is 0 Å². The summed E-state index contributed by atoms with van der Waals surface area (Å²) in [5.41, 5.74) is 0.128. The van der Waals surface area contributed by atoms with Crippen LogP contribution in [0.25, 0.3) is 0 Å². The van der Waals surface area contributed by atoms with E-state index in [9.17, 15) is 14.4 Å². The third-order valence-corrected chi connectivity index (χ3v) is 7.89. The number of esters is 2. The second kappa shape index (κ2) is 7.77. The Balaban J connectivity index is 1.84. The van der Waals surface area contributed by atoms with Gasteiger partial charge in [0.05, 0.1) is 24.5 Å². The maximum absolute atomic E-state index is 12.7. The van der Waals surface area contributed by atoms with Crippen LogP contribution in [0.4, 0.5) is 4.79 Å². The number of hydrogen-bond donors (Lipinski definition) is 0. The minimum Gasteiger partial charge on any atom is -0.469 e. The quantitative estimate of drug-likeness (QED) is 0.380. The molecule has 0 radical (unpaired) electrons. The van der Waals surface area contributed by atoms with Gasteiger partial charge in [0.2, 0.25) is 0 Å². The Morgan fingerprint density at radius 2 is 1.83 bits per heavy atom. The van der Waals surface area contributed by atoms with Crippen molar-refractivity contribution in [1.29, 1.82) is 0 Å². The topological polar surface area (TPSA) is 78.9 Å². The van der Waals surface area contributed by atoms with Crippen molar-refractivity contribution in [2.45, 2.75) is 72.6 Å². The van der Waals surface area contributed by atoms with Gasteiger partial charge in [0.25, 0.3) is 0 Å². The highest BCUT2D eigenvalue weighted by Crippen LogP contribution is 2.64. The van der Waals surface area contributed by atoms with Crippen LogP contribution < -0.4 is 0 Å². The van der Waals surface area contributed by atoms with Crippen LogP contribution in [0.3, 0.4) is 0 Å². The molecule has 3 aliphatic carbocycles. The second-order valence-corrected chi connectivity index (χ2v) is 9.71. The van der Waals surface area contributed by atoms with Crippen molar-refractivity contribution in [3.63, 3.8) is 0 Å². The molecule has 6 nitrogen and oxygen atoms in total. The standard InChI is InChI=1S/C23H34O6/c1-6-28-20(26)29-18(24)21(2)13-10-16-15(14-21)8-9-17-22(16,3)11-7-12-23(17,4)19(25)27-5/h10,15,17H,6-9,11-14H2,1-5H3/t15-,17+,21-,22+,23-/m1/s1. The lowest BCUT2D eigenvalue weighted by Gasteiger charge is -2.58. The van der Waals surface area contributed by atoms with Crippen molar-refractivity contribution in [3.05, 3.63) is 11.6 Å². The van der Waals surface area contributed by atoms with Crippen molar-refractivity contribution in [2.75, 3.05) is 13.7 Å². The molecule has 0 aromatic heterocycles. The lowest BCUT2D eigenvalue weighted by atomic mass is 9.46. The van der Waals surface area contributed by atoms with Gasteiger partial charge < -0.3 is 14.2 Å². The molecule has 162 valence electrons. The highest BCUT2D eigenvalue weighted by Gasteiger charge is 2.58. The number of methoxy groups -OCH3 is 1. The average Bonchev–Trinajstić information content (AvgIpc) is 2.66. The van der Waals surface area contributed by atoms with Gasteiger partial charge in [0, 0.05) is 0 Å². The van der Waals surface area contributed by atoms with Gasteiger partial charge in [-0.25, -0.2) is 4.79 Å². The van der Waals surface area contributed by atoms with Gasteiger partial charge >= 0.3 is 18.1 Å². The van der Waals surface area contributed by atoms with E-state index in [1.807, 2.05) is 6.92 Å². The molecule has 0 aliphatic heterocycles. The van der Waals surface area contributed by atoms with Crippen LogP contribution in [0.1, 0.15) is 72.6 Å². The van der Waals surface area contributed by atoms with Crippen LogP contribution in [-0.4, -0.2) is 31.8 Å². The highest BCUT2D eigenvalue weighted by molar-refractivity contribution is 5.86. The highest BCUT2D eigenvalue weighted by atomic mass is 16.7. The molecule has 2 saturated carbocycles. The Kier molecular flexibility index (Phi) is 5.85. The Morgan fingerprint density at radius 3 is 2.48 bits per heavy atom. The molecular formula is C23H34O6. The Morgan fingerprint density at radius 1 is 1.10 bits per heavy atom. The summed E-state index contributed by atoms with van der Waals surface area (Å²) in [5, 5.41) is 0. The van der Waals surface area contributed by atoms with Crippen molar-refractivity contribution in [2.24, 2.45) is 28.1 Å². The van der Waals surface area contributed by atoms with Gasteiger partial charge in [-0.15, -0.1) is 0 Å². The molecule has 29 heavy (non-hydrogen) atoms.